The van der Waals surface area contributed by atoms with Crippen LogP contribution in [0.3, 0.4) is 0 Å². The largest absolute Gasteiger partial charge is 0.361 e. The molecule has 0 aliphatic heterocycles. The highest BCUT2D eigenvalue weighted by atomic mass is 16.5. The first-order chi connectivity index (χ1) is 12.6. The Balaban J connectivity index is 1.28. The predicted octanol–water partition coefficient (Wildman–Crippen LogP) is 3.11. The van der Waals surface area contributed by atoms with Crippen LogP contribution in [0.5, 0.6) is 0 Å². The van der Waals surface area contributed by atoms with E-state index in [2.05, 4.69) is 5.16 Å². The van der Waals surface area contributed by atoms with Crippen LogP contribution in [-0.2, 0) is 11.2 Å². The van der Waals surface area contributed by atoms with Crippen LogP contribution in [0, 0.1) is 17.8 Å². The molecule has 2 saturated carbocycles. The number of carbonyl (C=O) groups excluding carboxylic acids is 1. The third-order valence-electron chi connectivity index (χ3n) is 6.19. The lowest BCUT2D eigenvalue weighted by Gasteiger charge is -2.30. The molecule has 2 aliphatic carbocycles. The van der Waals surface area contributed by atoms with Gasteiger partial charge in [0.05, 0.1) is 5.92 Å². The second-order valence-electron chi connectivity index (χ2n) is 7.84. The fraction of sp³-hybridized carbons (Fsp3) is 0.524. The highest BCUT2D eigenvalue weighted by molar-refractivity contribution is 5.80. The van der Waals surface area contributed by atoms with Crippen LogP contribution < -0.4 is 5.73 Å². The predicted molar refractivity (Wildman–Crippen MR) is 100 cm³/mol. The Morgan fingerprint density at radius 2 is 2.04 bits per heavy atom. The molecule has 0 spiro atoms. The van der Waals surface area contributed by atoms with Crippen molar-refractivity contribution in [1.82, 2.24) is 10.1 Å². The molecule has 2 aliphatic rings. The van der Waals surface area contributed by atoms with E-state index in [0.717, 1.165) is 42.8 Å². The minimum absolute atomic E-state index is 0.0358. The van der Waals surface area contributed by atoms with Crippen LogP contribution in [0.2, 0.25) is 0 Å². The standard InChI is InChI=1S/C21H27N3O2/c1-24(21(25)19-15-9-10-16(12-15)20(19)22)11-5-8-17-13-18(23-26-17)14-6-3-2-4-7-14/h2-4,6-7,13,15-16,19-20H,5,8-12,22H2,1H3. The van der Waals surface area contributed by atoms with Crippen LogP contribution >= 0.6 is 0 Å². The first-order valence-electron chi connectivity index (χ1n) is 9.65. The second-order valence-corrected chi connectivity index (χ2v) is 7.84. The number of carbonyl (C=O) groups is 1. The SMILES string of the molecule is CN(CCCc1cc(-c2ccccc2)no1)C(=O)C1C2CCC(C2)C1N. The molecule has 138 valence electrons. The Morgan fingerprint density at radius 3 is 2.77 bits per heavy atom. The smallest absolute Gasteiger partial charge is 0.227 e. The summed E-state index contributed by atoms with van der Waals surface area (Å²) in [6.07, 6.45) is 5.16. The van der Waals surface area contributed by atoms with Crippen molar-refractivity contribution in [1.29, 1.82) is 0 Å². The summed E-state index contributed by atoms with van der Waals surface area (Å²) in [5.41, 5.74) is 8.22. The number of hydrogen-bond acceptors (Lipinski definition) is 4. The minimum atomic E-state index is 0.0358. The van der Waals surface area contributed by atoms with Crippen molar-refractivity contribution in [3.8, 4) is 11.3 Å². The number of nitrogens with two attached hydrogens (primary N) is 1. The normalized spacial score (nSPS) is 27.0. The Bertz CT molecular complexity index is 756. The Kier molecular flexibility index (Phi) is 4.81. The van der Waals surface area contributed by atoms with E-state index in [1.54, 1.807) is 0 Å². The Labute approximate surface area is 154 Å². The molecule has 2 N–H and O–H groups in total. The van der Waals surface area contributed by atoms with Crippen molar-refractivity contribution in [3.05, 3.63) is 42.2 Å². The van der Waals surface area contributed by atoms with Gasteiger partial charge in [0.25, 0.3) is 0 Å². The van der Waals surface area contributed by atoms with Gasteiger partial charge in [-0.3, -0.25) is 4.79 Å². The number of nitrogens with zero attached hydrogens (tertiary/aromatic N) is 2. The monoisotopic (exact) mass is 353 g/mol. The summed E-state index contributed by atoms with van der Waals surface area (Å²) in [4.78, 5) is 14.6. The molecule has 4 atom stereocenters. The zero-order valence-electron chi connectivity index (χ0n) is 15.3. The lowest BCUT2D eigenvalue weighted by molar-refractivity contribution is -0.136. The molecule has 4 rings (SSSR count). The van der Waals surface area contributed by atoms with Gasteiger partial charge in [-0.25, -0.2) is 0 Å². The molecule has 1 aromatic heterocycles. The van der Waals surface area contributed by atoms with E-state index in [9.17, 15) is 4.79 Å². The molecular weight excluding hydrogens is 326 g/mol. The molecule has 5 heteroatoms. The Morgan fingerprint density at radius 1 is 1.27 bits per heavy atom. The van der Waals surface area contributed by atoms with Crippen molar-refractivity contribution < 1.29 is 9.32 Å². The van der Waals surface area contributed by atoms with Crippen molar-refractivity contribution in [2.75, 3.05) is 13.6 Å². The minimum Gasteiger partial charge on any atom is -0.361 e. The maximum absolute atomic E-state index is 12.8. The summed E-state index contributed by atoms with van der Waals surface area (Å²) < 4.78 is 5.45. The van der Waals surface area contributed by atoms with Gasteiger partial charge in [-0.1, -0.05) is 35.5 Å². The first-order valence-corrected chi connectivity index (χ1v) is 9.65. The maximum atomic E-state index is 12.8. The number of aryl methyl sites for hydroxylation is 1. The lowest BCUT2D eigenvalue weighted by Crippen LogP contribution is -2.46. The average molecular weight is 353 g/mol. The van der Waals surface area contributed by atoms with Gasteiger partial charge in [0.1, 0.15) is 11.5 Å². The summed E-state index contributed by atoms with van der Waals surface area (Å²) in [5.74, 6) is 2.20. The topological polar surface area (TPSA) is 72.4 Å². The van der Waals surface area contributed by atoms with Gasteiger partial charge < -0.3 is 15.2 Å². The van der Waals surface area contributed by atoms with E-state index >= 15 is 0 Å². The molecule has 0 radical (unpaired) electrons. The van der Waals surface area contributed by atoms with Gasteiger partial charge in [0.15, 0.2) is 0 Å². The highest BCUT2D eigenvalue weighted by Gasteiger charge is 2.49. The van der Waals surface area contributed by atoms with Crippen LogP contribution in [0.15, 0.2) is 40.9 Å². The number of fused-ring (bicyclic) bond motifs is 2. The molecule has 5 nitrogen and oxygen atoms in total. The van der Waals surface area contributed by atoms with Crippen molar-refractivity contribution in [3.63, 3.8) is 0 Å². The van der Waals surface area contributed by atoms with E-state index in [0.29, 0.717) is 11.8 Å². The molecule has 0 saturated heterocycles. The van der Waals surface area contributed by atoms with Crippen molar-refractivity contribution in [2.24, 2.45) is 23.5 Å². The summed E-state index contributed by atoms with van der Waals surface area (Å²) in [5, 5.41) is 4.15. The lowest BCUT2D eigenvalue weighted by atomic mass is 9.84. The van der Waals surface area contributed by atoms with Gasteiger partial charge >= 0.3 is 0 Å². The van der Waals surface area contributed by atoms with Crippen LogP contribution in [0.25, 0.3) is 11.3 Å². The fourth-order valence-electron chi connectivity index (χ4n) is 4.73. The van der Waals surface area contributed by atoms with E-state index in [-0.39, 0.29) is 17.9 Å². The number of amides is 1. The average Bonchev–Trinajstić information content (AvgIpc) is 3.38. The molecule has 2 aromatic rings. The van der Waals surface area contributed by atoms with E-state index < -0.39 is 0 Å². The third kappa shape index (κ3) is 3.28. The van der Waals surface area contributed by atoms with E-state index in [4.69, 9.17) is 10.3 Å². The molecule has 26 heavy (non-hydrogen) atoms. The first kappa shape index (κ1) is 17.3. The van der Waals surface area contributed by atoms with Gasteiger partial charge in [-0.05, 0) is 37.5 Å². The van der Waals surface area contributed by atoms with E-state index in [1.807, 2.05) is 48.3 Å². The molecule has 2 bridgehead atoms. The van der Waals surface area contributed by atoms with Gasteiger partial charge in [-0.15, -0.1) is 0 Å². The third-order valence-corrected chi connectivity index (χ3v) is 6.19. The quantitative estimate of drug-likeness (QED) is 0.866. The highest BCUT2D eigenvalue weighted by Crippen LogP contribution is 2.48. The summed E-state index contributed by atoms with van der Waals surface area (Å²) in [6, 6.07) is 12.1. The summed E-state index contributed by atoms with van der Waals surface area (Å²) >= 11 is 0. The van der Waals surface area contributed by atoms with Crippen LogP contribution in [0.4, 0.5) is 0 Å². The molecule has 1 heterocycles. The zero-order chi connectivity index (χ0) is 18.1. The molecular formula is C21H27N3O2. The summed E-state index contributed by atoms with van der Waals surface area (Å²) in [6.45, 7) is 0.723. The number of aromatic nitrogens is 1. The van der Waals surface area contributed by atoms with E-state index in [1.165, 1.54) is 12.8 Å². The number of benzene rings is 1. The molecule has 1 amide bonds. The van der Waals surface area contributed by atoms with Gasteiger partial charge in [0, 0.05) is 37.7 Å². The van der Waals surface area contributed by atoms with Gasteiger partial charge in [-0.2, -0.15) is 0 Å². The van der Waals surface area contributed by atoms with Gasteiger partial charge in [0.2, 0.25) is 5.91 Å². The maximum Gasteiger partial charge on any atom is 0.227 e. The molecule has 4 unspecified atom stereocenters. The van der Waals surface area contributed by atoms with Crippen molar-refractivity contribution in [2.45, 2.75) is 38.1 Å². The second kappa shape index (κ2) is 7.23. The number of rotatable bonds is 6. The van der Waals surface area contributed by atoms with Crippen molar-refractivity contribution >= 4 is 5.91 Å². The Hall–Kier alpha value is -2.14. The number of hydrogen-bond donors (Lipinski definition) is 1. The van der Waals surface area contributed by atoms with Crippen LogP contribution in [-0.4, -0.2) is 35.6 Å². The fourth-order valence-corrected chi connectivity index (χ4v) is 4.73. The zero-order valence-corrected chi connectivity index (χ0v) is 15.3. The van der Waals surface area contributed by atoms with Crippen LogP contribution in [0.1, 0.15) is 31.4 Å². The summed E-state index contributed by atoms with van der Waals surface area (Å²) in [7, 11) is 1.90. The molecule has 1 aromatic carbocycles. The molecule has 2 fully saturated rings.